The van der Waals surface area contributed by atoms with Gasteiger partial charge in [-0.2, -0.15) is 5.10 Å². The second-order valence-electron chi connectivity index (χ2n) is 10.1. The van der Waals surface area contributed by atoms with E-state index >= 15 is 0 Å². The molecule has 12 nitrogen and oxygen atoms in total. The zero-order valence-corrected chi connectivity index (χ0v) is 23.3. The number of pyridine rings is 2. The fourth-order valence-corrected chi connectivity index (χ4v) is 4.52. The number of nitrogens with one attached hydrogen (secondary N) is 1. The van der Waals surface area contributed by atoms with Crippen LogP contribution in [0.3, 0.4) is 0 Å². The first kappa shape index (κ1) is 27.3. The van der Waals surface area contributed by atoms with E-state index < -0.39 is 23.0 Å². The normalized spacial score (nSPS) is 11.3. The minimum absolute atomic E-state index is 0.138. The number of aryl methyl sites for hydroxylation is 1. The van der Waals surface area contributed by atoms with Crippen LogP contribution in [0.4, 0.5) is 10.2 Å². The van der Waals surface area contributed by atoms with Crippen molar-refractivity contribution >= 4 is 17.2 Å². The Balaban J connectivity index is 1.27. The van der Waals surface area contributed by atoms with E-state index in [2.05, 4.69) is 20.4 Å². The first-order chi connectivity index (χ1) is 20.7. The Bertz CT molecular complexity index is 2090. The summed E-state index contributed by atoms with van der Waals surface area (Å²) in [5.41, 5.74) is 0.648. The minimum Gasteiger partial charge on any atom is -0.453 e. The number of fused-ring (bicyclic) bond motifs is 1. The van der Waals surface area contributed by atoms with Gasteiger partial charge < -0.3 is 14.6 Å². The summed E-state index contributed by atoms with van der Waals surface area (Å²) in [6.07, 6.45) is 9.75. The maximum atomic E-state index is 13.5. The molecule has 0 fully saturated rings. The molecule has 6 aromatic rings. The molecule has 0 saturated carbocycles. The van der Waals surface area contributed by atoms with Gasteiger partial charge in [0.2, 0.25) is 0 Å². The molecule has 6 rings (SSSR count). The summed E-state index contributed by atoms with van der Waals surface area (Å²) in [4.78, 5) is 48.3. The molecule has 0 aliphatic rings. The molecular weight excluding hydrogens is 555 g/mol. The predicted octanol–water partition coefficient (Wildman–Crippen LogP) is 4.21. The number of ether oxygens (including phenoxy) is 1. The molecule has 1 aromatic carbocycles. The molecule has 216 valence electrons. The summed E-state index contributed by atoms with van der Waals surface area (Å²) in [6, 6.07) is 11.3. The average Bonchev–Trinajstić information content (AvgIpc) is 3.64. The van der Waals surface area contributed by atoms with E-state index in [0.29, 0.717) is 11.5 Å². The van der Waals surface area contributed by atoms with Crippen molar-refractivity contribution in [3.63, 3.8) is 0 Å². The molecule has 0 spiro atoms. The van der Waals surface area contributed by atoms with Gasteiger partial charge in [0, 0.05) is 37.2 Å². The van der Waals surface area contributed by atoms with E-state index in [4.69, 9.17) is 4.74 Å². The van der Waals surface area contributed by atoms with Gasteiger partial charge in [-0.05, 0) is 62.4 Å². The lowest BCUT2D eigenvalue weighted by atomic mass is 10.2. The number of carbonyl (C=O) groups excluding carboxylic acids is 1. The van der Waals surface area contributed by atoms with Gasteiger partial charge in [-0.1, -0.05) is 0 Å². The lowest BCUT2D eigenvalue weighted by Crippen LogP contribution is -2.42. The van der Waals surface area contributed by atoms with Crippen molar-refractivity contribution in [1.29, 1.82) is 0 Å². The molecule has 0 aliphatic heterocycles. The van der Waals surface area contributed by atoms with E-state index in [1.807, 2.05) is 36.1 Å². The molecule has 5 aromatic heterocycles. The second kappa shape index (κ2) is 10.9. The third-order valence-electron chi connectivity index (χ3n) is 6.68. The third-order valence-corrected chi connectivity index (χ3v) is 6.68. The number of hydrogen-bond donors (Lipinski definition) is 1. The molecule has 5 heterocycles. The number of anilines is 1. The number of rotatable bonds is 7. The zero-order chi connectivity index (χ0) is 30.2. The average molecular weight is 581 g/mol. The fraction of sp³-hybridized carbons (Fsp3) is 0.133. The standard InChI is InChI=1S/C30H25FN8O4/c1-18(2)37-15-23(29(41)39(30(37)42)21-6-4-20(31)5-7-21)28(40)35-27-9-8-22(13-32-27)43-26-12-19(24-16-36(3)17-33-24)14-38-25(26)10-11-34-38/h4-18H,1-3H3,(H,32,35,40). The monoisotopic (exact) mass is 580 g/mol. The quantitative estimate of drug-likeness (QED) is 0.299. The second-order valence-corrected chi connectivity index (χ2v) is 10.1. The molecule has 1 amide bonds. The first-order valence-corrected chi connectivity index (χ1v) is 13.2. The van der Waals surface area contributed by atoms with Crippen LogP contribution in [-0.2, 0) is 7.05 Å². The lowest BCUT2D eigenvalue weighted by Gasteiger charge is -2.15. The summed E-state index contributed by atoms with van der Waals surface area (Å²) in [5, 5.41) is 6.93. The Morgan fingerprint density at radius 1 is 1.00 bits per heavy atom. The summed E-state index contributed by atoms with van der Waals surface area (Å²) in [7, 11) is 1.88. The highest BCUT2D eigenvalue weighted by Gasteiger charge is 2.20. The van der Waals surface area contributed by atoms with Crippen molar-refractivity contribution in [1.82, 2.24) is 33.3 Å². The van der Waals surface area contributed by atoms with Crippen LogP contribution >= 0.6 is 0 Å². The zero-order valence-electron chi connectivity index (χ0n) is 23.3. The van der Waals surface area contributed by atoms with Crippen LogP contribution in [0.25, 0.3) is 22.5 Å². The van der Waals surface area contributed by atoms with Gasteiger partial charge >= 0.3 is 5.69 Å². The largest absolute Gasteiger partial charge is 0.453 e. The van der Waals surface area contributed by atoms with Crippen LogP contribution in [0.2, 0.25) is 0 Å². The highest BCUT2D eigenvalue weighted by Crippen LogP contribution is 2.31. The van der Waals surface area contributed by atoms with Crippen LogP contribution in [0, 0.1) is 5.82 Å². The number of nitrogens with zero attached hydrogens (tertiary/aromatic N) is 7. The Morgan fingerprint density at radius 2 is 1.79 bits per heavy atom. The van der Waals surface area contributed by atoms with E-state index in [9.17, 15) is 18.8 Å². The number of benzene rings is 1. The number of hydrogen-bond acceptors (Lipinski definition) is 7. The maximum Gasteiger partial charge on any atom is 0.335 e. The van der Waals surface area contributed by atoms with Gasteiger partial charge in [-0.25, -0.2) is 28.2 Å². The molecule has 13 heteroatoms. The molecule has 1 N–H and O–H groups in total. The van der Waals surface area contributed by atoms with Crippen molar-refractivity contribution in [3.05, 3.63) is 118 Å². The van der Waals surface area contributed by atoms with Crippen LogP contribution in [0.1, 0.15) is 30.2 Å². The molecule has 0 atom stereocenters. The summed E-state index contributed by atoms with van der Waals surface area (Å²) in [6.45, 7) is 3.49. The Hall–Kier alpha value is -5.85. The summed E-state index contributed by atoms with van der Waals surface area (Å²) >= 11 is 0. The van der Waals surface area contributed by atoms with Gasteiger partial charge in [-0.15, -0.1) is 0 Å². The first-order valence-electron chi connectivity index (χ1n) is 13.2. The SMILES string of the molecule is CC(C)n1cc(C(=O)Nc2ccc(Oc3cc(-c4cn(C)cn4)cn4nccc34)cn2)c(=O)n(-c2ccc(F)cc2)c1=O. The molecule has 0 bridgehead atoms. The van der Waals surface area contributed by atoms with E-state index in [1.54, 1.807) is 37.0 Å². The number of amides is 1. The number of halogens is 1. The molecule has 0 saturated heterocycles. The summed E-state index contributed by atoms with van der Waals surface area (Å²) < 4.78 is 25.3. The summed E-state index contributed by atoms with van der Waals surface area (Å²) in [5.74, 6) is -0.212. The Kier molecular flexibility index (Phi) is 6.90. The van der Waals surface area contributed by atoms with E-state index in [1.165, 1.54) is 35.2 Å². The van der Waals surface area contributed by atoms with Gasteiger partial charge in [0.1, 0.15) is 28.5 Å². The van der Waals surface area contributed by atoms with E-state index in [-0.39, 0.29) is 23.1 Å². The third kappa shape index (κ3) is 5.30. The van der Waals surface area contributed by atoms with Crippen molar-refractivity contribution < 1.29 is 13.9 Å². The topological polar surface area (TPSA) is 130 Å². The van der Waals surface area contributed by atoms with E-state index in [0.717, 1.165) is 33.5 Å². The molecule has 0 radical (unpaired) electrons. The van der Waals surface area contributed by atoms with Crippen molar-refractivity contribution in [2.24, 2.45) is 7.05 Å². The molecule has 43 heavy (non-hydrogen) atoms. The van der Waals surface area contributed by atoms with Gasteiger partial charge in [0.05, 0.1) is 30.1 Å². The van der Waals surface area contributed by atoms with Crippen LogP contribution < -0.4 is 21.3 Å². The van der Waals surface area contributed by atoms with Gasteiger partial charge in [-0.3, -0.25) is 14.2 Å². The van der Waals surface area contributed by atoms with Crippen molar-refractivity contribution in [2.75, 3.05) is 5.32 Å². The molecular formula is C30H25FN8O4. The van der Waals surface area contributed by atoms with Crippen LogP contribution in [-0.4, -0.2) is 39.2 Å². The Morgan fingerprint density at radius 3 is 2.47 bits per heavy atom. The lowest BCUT2D eigenvalue weighted by molar-refractivity contribution is 0.102. The van der Waals surface area contributed by atoms with Gasteiger partial charge in [0.15, 0.2) is 5.75 Å². The van der Waals surface area contributed by atoms with Crippen LogP contribution in [0.5, 0.6) is 11.5 Å². The smallest absolute Gasteiger partial charge is 0.335 e. The maximum absolute atomic E-state index is 13.5. The fourth-order valence-electron chi connectivity index (χ4n) is 4.52. The van der Waals surface area contributed by atoms with Crippen LogP contribution in [0.15, 0.2) is 95.4 Å². The van der Waals surface area contributed by atoms with Crippen molar-refractivity contribution in [3.8, 4) is 28.4 Å². The number of carbonyl (C=O) groups is 1. The minimum atomic E-state index is -0.844. The number of imidazole rings is 1. The van der Waals surface area contributed by atoms with Gasteiger partial charge in [0.25, 0.3) is 11.5 Å². The molecule has 0 unspecified atom stereocenters. The Labute approximate surface area is 243 Å². The highest BCUT2D eigenvalue weighted by atomic mass is 19.1. The predicted molar refractivity (Wildman–Crippen MR) is 156 cm³/mol. The molecule has 0 aliphatic carbocycles. The van der Waals surface area contributed by atoms with Crippen molar-refractivity contribution in [2.45, 2.75) is 19.9 Å². The highest BCUT2D eigenvalue weighted by molar-refractivity contribution is 6.03. The number of aromatic nitrogens is 7.